The van der Waals surface area contributed by atoms with E-state index < -0.39 is 6.09 Å². The van der Waals surface area contributed by atoms with Crippen molar-refractivity contribution in [2.24, 2.45) is 10.2 Å². The summed E-state index contributed by atoms with van der Waals surface area (Å²) in [4.78, 5) is 11.8. The number of para-hydroxylation sites is 2. The van der Waals surface area contributed by atoms with Crippen LogP contribution in [0.1, 0.15) is 5.56 Å². The lowest BCUT2D eigenvalue weighted by Gasteiger charge is -2.03. The minimum atomic E-state index is -0.800. The SMILES string of the molecule is COC(=O)Nc1nn(-c2ccccc2)c(O)c1/N=N/c1c(C#N)cnn1-c1ccccc1. The van der Waals surface area contributed by atoms with Gasteiger partial charge in [-0.05, 0) is 24.3 Å². The van der Waals surface area contributed by atoms with Crippen molar-refractivity contribution in [3.8, 4) is 23.3 Å². The lowest BCUT2D eigenvalue weighted by Crippen LogP contribution is -2.11. The van der Waals surface area contributed by atoms with Crippen LogP contribution in [0.15, 0.2) is 77.1 Å². The van der Waals surface area contributed by atoms with Crippen LogP contribution in [0, 0.1) is 11.3 Å². The number of carbonyl (C=O) groups excluding carboxylic acids is 1. The highest BCUT2D eigenvalue weighted by Crippen LogP contribution is 2.38. The molecule has 0 unspecified atom stereocenters. The van der Waals surface area contributed by atoms with Crippen LogP contribution < -0.4 is 5.32 Å². The molecule has 32 heavy (non-hydrogen) atoms. The molecule has 158 valence electrons. The van der Waals surface area contributed by atoms with Gasteiger partial charge in [0.25, 0.3) is 0 Å². The quantitative estimate of drug-likeness (QED) is 0.455. The first kappa shape index (κ1) is 20.3. The minimum Gasteiger partial charge on any atom is -0.492 e. The molecule has 11 nitrogen and oxygen atoms in total. The monoisotopic (exact) mass is 428 g/mol. The van der Waals surface area contributed by atoms with Crippen LogP contribution >= 0.6 is 0 Å². The van der Waals surface area contributed by atoms with E-state index in [1.54, 1.807) is 36.4 Å². The first-order chi connectivity index (χ1) is 15.6. The summed E-state index contributed by atoms with van der Waals surface area (Å²) in [6.07, 6.45) is 0.563. The van der Waals surface area contributed by atoms with Gasteiger partial charge in [-0.3, -0.25) is 5.32 Å². The fourth-order valence-electron chi connectivity index (χ4n) is 2.85. The highest BCUT2D eigenvalue weighted by atomic mass is 16.5. The number of benzene rings is 2. The average Bonchev–Trinajstić information content (AvgIpc) is 3.39. The second-order valence-corrected chi connectivity index (χ2v) is 6.33. The summed E-state index contributed by atoms with van der Waals surface area (Å²) in [6.45, 7) is 0. The maximum atomic E-state index is 11.8. The number of rotatable bonds is 5. The van der Waals surface area contributed by atoms with E-state index in [1.807, 2.05) is 30.3 Å². The number of nitrogens with one attached hydrogen (secondary N) is 1. The van der Waals surface area contributed by atoms with Gasteiger partial charge >= 0.3 is 6.09 Å². The number of hydrogen-bond donors (Lipinski definition) is 2. The number of hydrogen-bond acceptors (Lipinski definition) is 8. The number of anilines is 1. The van der Waals surface area contributed by atoms with Crippen molar-refractivity contribution in [3.05, 3.63) is 72.4 Å². The third kappa shape index (κ3) is 3.88. The molecule has 0 saturated heterocycles. The summed E-state index contributed by atoms with van der Waals surface area (Å²) in [6, 6.07) is 19.9. The van der Waals surface area contributed by atoms with Gasteiger partial charge in [0.1, 0.15) is 11.6 Å². The third-order valence-electron chi connectivity index (χ3n) is 4.35. The van der Waals surface area contributed by atoms with E-state index in [1.165, 1.54) is 22.7 Å². The highest BCUT2D eigenvalue weighted by molar-refractivity contribution is 5.88. The van der Waals surface area contributed by atoms with Gasteiger partial charge in [-0.2, -0.15) is 15.0 Å². The molecule has 0 atom stereocenters. The molecule has 0 radical (unpaired) electrons. The zero-order valence-corrected chi connectivity index (χ0v) is 16.7. The van der Waals surface area contributed by atoms with Gasteiger partial charge in [0.05, 0.1) is 24.7 Å². The molecular formula is C21H16N8O3. The summed E-state index contributed by atoms with van der Waals surface area (Å²) in [5.74, 6) is -0.295. The Labute approximate surface area is 181 Å². The van der Waals surface area contributed by atoms with Gasteiger partial charge in [-0.25, -0.2) is 9.48 Å². The summed E-state index contributed by atoms with van der Waals surface area (Å²) in [7, 11) is 1.20. The van der Waals surface area contributed by atoms with Gasteiger partial charge in [0.15, 0.2) is 17.3 Å². The number of aromatic nitrogens is 4. The van der Waals surface area contributed by atoms with E-state index in [2.05, 4.69) is 30.5 Å². The zero-order chi connectivity index (χ0) is 22.5. The number of aromatic hydroxyl groups is 1. The minimum absolute atomic E-state index is 0.0776. The standard InChI is InChI=1S/C21H16N8O3/c1-32-21(31)24-18-17(20(30)29(27-18)16-10-6-3-7-11-16)25-26-19-14(12-22)13-23-28(19)15-8-4-2-5-9-15/h2-11,13,30H,1H3,(H,24,27,31)/b26-25+. The highest BCUT2D eigenvalue weighted by Gasteiger charge is 2.21. The van der Waals surface area contributed by atoms with Crippen LogP contribution in [-0.4, -0.2) is 37.9 Å². The molecule has 1 amide bonds. The van der Waals surface area contributed by atoms with Crippen LogP contribution in [0.2, 0.25) is 0 Å². The van der Waals surface area contributed by atoms with Crippen LogP contribution in [-0.2, 0) is 4.74 Å². The van der Waals surface area contributed by atoms with Crippen molar-refractivity contribution < 1.29 is 14.6 Å². The molecule has 2 N–H and O–H groups in total. The Morgan fingerprint density at radius 2 is 1.69 bits per heavy atom. The summed E-state index contributed by atoms with van der Waals surface area (Å²) < 4.78 is 7.25. The lowest BCUT2D eigenvalue weighted by atomic mass is 10.3. The van der Waals surface area contributed by atoms with Crippen molar-refractivity contribution >= 4 is 23.4 Å². The molecule has 2 aromatic heterocycles. The van der Waals surface area contributed by atoms with E-state index >= 15 is 0 Å². The summed E-state index contributed by atoms with van der Waals surface area (Å²) in [5.41, 5.74) is 1.26. The number of nitrogens with zero attached hydrogens (tertiary/aromatic N) is 7. The van der Waals surface area contributed by atoms with Gasteiger partial charge in [0.2, 0.25) is 5.88 Å². The van der Waals surface area contributed by atoms with Crippen LogP contribution in [0.3, 0.4) is 0 Å². The maximum absolute atomic E-state index is 11.8. The smallest absolute Gasteiger partial charge is 0.412 e. The van der Waals surface area contributed by atoms with Crippen molar-refractivity contribution in [3.63, 3.8) is 0 Å². The topological polar surface area (TPSA) is 143 Å². The van der Waals surface area contributed by atoms with Crippen LogP contribution in [0.25, 0.3) is 11.4 Å². The zero-order valence-electron chi connectivity index (χ0n) is 16.7. The van der Waals surface area contributed by atoms with Crippen molar-refractivity contribution in [1.29, 1.82) is 5.26 Å². The molecule has 0 aliphatic heterocycles. The van der Waals surface area contributed by atoms with E-state index in [0.29, 0.717) is 11.4 Å². The van der Waals surface area contributed by atoms with Gasteiger partial charge in [-0.15, -0.1) is 15.3 Å². The first-order valence-electron chi connectivity index (χ1n) is 9.30. The predicted octanol–water partition coefficient (Wildman–Crippen LogP) is 4.23. The third-order valence-corrected chi connectivity index (χ3v) is 4.35. The van der Waals surface area contributed by atoms with Gasteiger partial charge in [0, 0.05) is 0 Å². The molecule has 0 saturated carbocycles. The molecular weight excluding hydrogens is 412 g/mol. The van der Waals surface area contributed by atoms with E-state index in [-0.39, 0.29) is 28.8 Å². The Balaban J connectivity index is 1.81. The largest absolute Gasteiger partial charge is 0.492 e. The molecule has 0 aliphatic carbocycles. The van der Waals surface area contributed by atoms with E-state index in [0.717, 1.165) is 0 Å². The fraction of sp³-hybridized carbons (Fsp3) is 0.0476. The molecule has 0 spiro atoms. The normalized spacial score (nSPS) is 10.8. The molecule has 0 aliphatic rings. The molecule has 11 heteroatoms. The van der Waals surface area contributed by atoms with Gasteiger partial charge in [-0.1, -0.05) is 36.4 Å². The Morgan fingerprint density at radius 3 is 2.28 bits per heavy atom. The van der Waals surface area contributed by atoms with Crippen LogP contribution in [0.5, 0.6) is 5.88 Å². The molecule has 4 rings (SSSR count). The van der Waals surface area contributed by atoms with E-state index in [9.17, 15) is 15.2 Å². The number of azo groups is 1. The second kappa shape index (κ2) is 8.80. The fourth-order valence-corrected chi connectivity index (χ4v) is 2.85. The van der Waals surface area contributed by atoms with Crippen LogP contribution in [0.4, 0.5) is 22.1 Å². The number of amides is 1. The maximum Gasteiger partial charge on any atom is 0.412 e. The molecule has 2 heterocycles. The number of nitriles is 1. The Morgan fingerprint density at radius 1 is 1.06 bits per heavy atom. The Kier molecular flexibility index (Phi) is 5.58. The second-order valence-electron chi connectivity index (χ2n) is 6.33. The average molecular weight is 428 g/mol. The summed E-state index contributed by atoms with van der Waals surface area (Å²) >= 11 is 0. The van der Waals surface area contributed by atoms with E-state index in [4.69, 9.17) is 0 Å². The van der Waals surface area contributed by atoms with Gasteiger partial charge < -0.3 is 9.84 Å². The number of methoxy groups -OCH3 is 1. The first-order valence-corrected chi connectivity index (χ1v) is 9.30. The Bertz CT molecular complexity index is 1320. The Hall–Kier alpha value is -4.98. The lowest BCUT2D eigenvalue weighted by molar-refractivity contribution is 0.187. The van der Waals surface area contributed by atoms with Crippen molar-refractivity contribution in [2.75, 3.05) is 12.4 Å². The number of carbonyl (C=O) groups is 1. The van der Waals surface area contributed by atoms with Crippen molar-refractivity contribution in [2.45, 2.75) is 0 Å². The molecule has 0 bridgehead atoms. The number of ether oxygens (including phenoxy) is 1. The molecule has 4 aromatic rings. The van der Waals surface area contributed by atoms with Crippen molar-refractivity contribution in [1.82, 2.24) is 19.6 Å². The molecule has 2 aromatic carbocycles. The molecule has 0 fully saturated rings. The predicted molar refractivity (Wildman–Crippen MR) is 114 cm³/mol. The summed E-state index contributed by atoms with van der Waals surface area (Å²) in [5, 5.41) is 39.2.